The fourth-order valence-electron chi connectivity index (χ4n) is 4.05. The van der Waals surface area contributed by atoms with Crippen molar-refractivity contribution in [2.75, 3.05) is 11.1 Å². The van der Waals surface area contributed by atoms with Crippen LogP contribution in [-0.4, -0.2) is 36.2 Å². The van der Waals surface area contributed by atoms with Crippen molar-refractivity contribution in [1.82, 2.24) is 24.5 Å². The van der Waals surface area contributed by atoms with E-state index in [4.69, 9.17) is 9.52 Å². The summed E-state index contributed by atoms with van der Waals surface area (Å²) in [6, 6.07) is 15.5. The van der Waals surface area contributed by atoms with Gasteiger partial charge in [-0.2, -0.15) is 5.10 Å². The van der Waals surface area contributed by atoms with E-state index in [9.17, 15) is 4.79 Å². The molecule has 0 aliphatic heterocycles. The van der Waals surface area contributed by atoms with E-state index >= 15 is 0 Å². The van der Waals surface area contributed by atoms with E-state index in [0.29, 0.717) is 28.5 Å². The monoisotopic (exact) mass is 448 g/mol. The van der Waals surface area contributed by atoms with Gasteiger partial charge in [0.2, 0.25) is 5.91 Å². The second kappa shape index (κ2) is 9.04. The van der Waals surface area contributed by atoms with Gasteiger partial charge in [0.1, 0.15) is 5.82 Å². The Morgan fingerprint density at radius 3 is 2.72 bits per heavy atom. The highest BCUT2D eigenvalue weighted by Gasteiger charge is 2.23. The Hall–Kier alpha value is -3.33. The highest BCUT2D eigenvalue weighted by atomic mass is 32.2. The normalized spacial score (nSPS) is 14.2. The van der Waals surface area contributed by atoms with Crippen LogP contribution in [0.1, 0.15) is 37.3 Å². The molecule has 1 N–H and O–H groups in total. The maximum Gasteiger partial charge on any atom is 0.236 e. The SMILES string of the molecule is Cn1c(SCC(=O)Nc2cc(C3CCCC3)nn2-c2ccccc2)nnc1-c1ccco1. The number of benzene rings is 1. The van der Waals surface area contributed by atoms with Crippen LogP contribution in [0.4, 0.5) is 5.82 Å². The third-order valence-electron chi connectivity index (χ3n) is 5.68. The number of nitrogens with zero attached hydrogens (tertiary/aromatic N) is 5. The minimum Gasteiger partial charge on any atom is -0.461 e. The second-order valence-corrected chi connectivity index (χ2v) is 8.81. The maximum atomic E-state index is 12.8. The number of hydrogen-bond donors (Lipinski definition) is 1. The minimum atomic E-state index is -0.118. The van der Waals surface area contributed by atoms with E-state index in [1.165, 1.54) is 24.6 Å². The zero-order chi connectivity index (χ0) is 21.9. The number of aromatic nitrogens is 5. The number of anilines is 1. The third-order valence-corrected chi connectivity index (χ3v) is 6.70. The van der Waals surface area contributed by atoms with E-state index in [1.54, 1.807) is 12.3 Å². The first-order chi connectivity index (χ1) is 15.7. The van der Waals surface area contributed by atoms with Crippen molar-refractivity contribution in [2.24, 2.45) is 7.05 Å². The van der Waals surface area contributed by atoms with Gasteiger partial charge in [0.05, 0.1) is 23.4 Å². The molecule has 1 aliphatic rings. The van der Waals surface area contributed by atoms with Gasteiger partial charge >= 0.3 is 0 Å². The molecule has 3 heterocycles. The summed E-state index contributed by atoms with van der Waals surface area (Å²) in [5.41, 5.74) is 1.97. The topological polar surface area (TPSA) is 90.8 Å². The van der Waals surface area contributed by atoms with Crippen LogP contribution in [0.2, 0.25) is 0 Å². The van der Waals surface area contributed by atoms with E-state index in [-0.39, 0.29) is 11.7 Å². The molecule has 4 aromatic rings. The Balaban J connectivity index is 1.31. The number of carbonyl (C=O) groups excluding carboxylic acids is 1. The van der Waals surface area contributed by atoms with E-state index in [1.807, 2.05) is 58.8 Å². The summed E-state index contributed by atoms with van der Waals surface area (Å²) in [5.74, 6) is 2.51. The summed E-state index contributed by atoms with van der Waals surface area (Å²) in [5, 5.41) is 16.9. The summed E-state index contributed by atoms with van der Waals surface area (Å²) < 4.78 is 9.05. The van der Waals surface area contributed by atoms with Crippen molar-refractivity contribution in [3.63, 3.8) is 0 Å². The smallest absolute Gasteiger partial charge is 0.236 e. The van der Waals surface area contributed by atoms with Crippen LogP contribution in [0.3, 0.4) is 0 Å². The van der Waals surface area contributed by atoms with Gasteiger partial charge in [0.25, 0.3) is 0 Å². The lowest BCUT2D eigenvalue weighted by Crippen LogP contribution is -2.17. The first-order valence-electron chi connectivity index (χ1n) is 10.7. The molecule has 0 saturated heterocycles. The number of rotatable bonds is 7. The average molecular weight is 449 g/mol. The lowest BCUT2D eigenvalue weighted by atomic mass is 10.0. The van der Waals surface area contributed by atoms with Crippen LogP contribution in [0.5, 0.6) is 0 Å². The van der Waals surface area contributed by atoms with Crippen LogP contribution in [-0.2, 0) is 11.8 Å². The molecule has 1 amide bonds. The van der Waals surface area contributed by atoms with Gasteiger partial charge in [0.15, 0.2) is 16.7 Å². The van der Waals surface area contributed by atoms with E-state index in [2.05, 4.69) is 15.5 Å². The molecule has 5 rings (SSSR count). The zero-order valence-corrected chi connectivity index (χ0v) is 18.6. The van der Waals surface area contributed by atoms with Crippen molar-refractivity contribution in [3.8, 4) is 17.3 Å². The maximum absolute atomic E-state index is 12.8. The summed E-state index contributed by atoms with van der Waals surface area (Å²) in [4.78, 5) is 12.8. The van der Waals surface area contributed by atoms with Crippen molar-refractivity contribution < 1.29 is 9.21 Å². The molecule has 0 bridgehead atoms. The van der Waals surface area contributed by atoms with Gasteiger partial charge in [-0.15, -0.1) is 10.2 Å². The molecule has 8 nitrogen and oxygen atoms in total. The van der Waals surface area contributed by atoms with Crippen LogP contribution in [0.25, 0.3) is 17.3 Å². The summed E-state index contributed by atoms with van der Waals surface area (Å²) in [6.07, 6.45) is 6.37. The number of thioether (sulfide) groups is 1. The molecule has 1 aromatic carbocycles. The first kappa shape index (κ1) is 20.6. The van der Waals surface area contributed by atoms with Crippen molar-refractivity contribution in [1.29, 1.82) is 0 Å². The summed E-state index contributed by atoms with van der Waals surface area (Å²) >= 11 is 1.33. The number of hydrogen-bond acceptors (Lipinski definition) is 6. The first-order valence-corrected chi connectivity index (χ1v) is 11.7. The molecular formula is C23H24N6O2S. The second-order valence-electron chi connectivity index (χ2n) is 7.86. The fraction of sp³-hybridized carbons (Fsp3) is 0.304. The Morgan fingerprint density at radius 2 is 1.97 bits per heavy atom. The Bertz CT molecular complexity index is 1190. The Labute approximate surface area is 190 Å². The van der Waals surface area contributed by atoms with Crippen LogP contribution >= 0.6 is 11.8 Å². The summed E-state index contributed by atoms with van der Waals surface area (Å²) in [6.45, 7) is 0. The fourth-order valence-corrected chi connectivity index (χ4v) is 4.76. The highest BCUT2D eigenvalue weighted by molar-refractivity contribution is 7.99. The third kappa shape index (κ3) is 4.20. The molecule has 0 unspecified atom stereocenters. The van der Waals surface area contributed by atoms with Gasteiger partial charge in [-0.25, -0.2) is 4.68 Å². The molecule has 9 heteroatoms. The average Bonchev–Trinajstić information content (AvgIpc) is 3.60. The summed E-state index contributed by atoms with van der Waals surface area (Å²) in [7, 11) is 1.86. The molecule has 1 aliphatic carbocycles. The molecule has 32 heavy (non-hydrogen) atoms. The molecule has 0 spiro atoms. The van der Waals surface area contributed by atoms with Gasteiger partial charge in [0, 0.05) is 19.0 Å². The zero-order valence-electron chi connectivity index (χ0n) is 17.8. The van der Waals surface area contributed by atoms with Crippen LogP contribution < -0.4 is 5.32 Å². The van der Waals surface area contributed by atoms with Crippen molar-refractivity contribution in [2.45, 2.75) is 36.8 Å². The molecule has 0 atom stereocenters. The molecule has 0 radical (unpaired) electrons. The number of furan rings is 1. The number of nitrogens with one attached hydrogen (secondary N) is 1. The Morgan fingerprint density at radius 1 is 1.16 bits per heavy atom. The quantitative estimate of drug-likeness (QED) is 0.414. The minimum absolute atomic E-state index is 0.118. The molecular weight excluding hydrogens is 424 g/mol. The van der Waals surface area contributed by atoms with Gasteiger partial charge in [-0.05, 0) is 37.1 Å². The molecule has 1 fully saturated rings. The van der Waals surface area contributed by atoms with E-state index < -0.39 is 0 Å². The largest absolute Gasteiger partial charge is 0.461 e. The van der Waals surface area contributed by atoms with E-state index in [0.717, 1.165) is 24.2 Å². The molecule has 3 aromatic heterocycles. The lowest BCUT2D eigenvalue weighted by molar-refractivity contribution is -0.113. The standard InChI is InChI=1S/C23H24N6O2S/c1-28-22(19-12-7-13-31-19)25-26-23(28)32-15-21(30)24-20-14-18(16-8-5-6-9-16)27-29(20)17-10-3-2-4-11-17/h2-4,7,10-14,16H,5-6,8-9,15H2,1H3,(H,24,30). The highest BCUT2D eigenvalue weighted by Crippen LogP contribution is 2.35. The lowest BCUT2D eigenvalue weighted by Gasteiger charge is -2.09. The van der Waals surface area contributed by atoms with Crippen LogP contribution in [0.15, 0.2) is 64.4 Å². The number of amides is 1. The number of carbonyl (C=O) groups is 1. The van der Waals surface area contributed by atoms with Crippen molar-refractivity contribution in [3.05, 3.63) is 60.5 Å². The van der Waals surface area contributed by atoms with Crippen molar-refractivity contribution >= 4 is 23.5 Å². The van der Waals surface area contributed by atoms with Crippen LogP contribution in [0, 0.1) is 0 Å². The Kier molecular flexibility index (Phi) is 5.81. The molecule has 164 valence electrons. The molecule has 1 saturated carbocycles. The predicted octanol–water partition coefficient (Wildman–Crippen LogP) is 4.65. The van der Waals surface area contributed by atoms with Gasteiger partial charge < -0.3 is 14.3 Å². The number of para-hydroxylation sites is 1. The van der Waals surface area contributed by atoms with Gasteiger partial charge in [-0.1, -0.05) is 42.8 Å². The van der Waals surface area contributed by atoms with Gasteiger partial charge in [-0.3, -0.25) is 4.79 Å². The predicted molar refractivity (Wildman–Crippen MR) is 123 cm³/mol.